The van der Waals surface area contributed by atoms with Crippen molar-refractivity contribution in [3.8, 4) is 11.4 Å². The van der Waals surface area contributed by atoms with Crippen LogP contribution in [0.1, 0.15) is 5.89 Å². The van der Waals surface area contributed by atoms with Gasteiger partial charge in [-0.2, -0.15) is 4.98 Å². The lowest BCUT2D eigenvalue weighted by Gasteiger charge is -2.00. The number of rotatable bonds is 2. The standard InChI is InChI=1S/C9H6Cl2FN3O/c10-4-1-5(8(11)6(12)2-4)9-14-7(3-13)16-15-9/h1-2H,3,13H2. The molecule has 0 spiro atoms. The number of hydrogen-bond acceptors (Lipinski definition) is 4. The highest BCUT2D eigenvalue weighted by Crippen LogP contribution is 2.31. The summed E-state index contributed by atoms with van der Waals surface area (Å²) in [5, 5.41) is 3.73. The second-order valence-electron chi connectivity index (χ2n) is 2.97. The number of aromatic nitrogens is 2. The molecule has 0 saturated carbocycles. The molecular weight excluding hydrogens is 256 g/mol. The first-order chi connectivity index (χ1) is 7.61. The molecule has 0 aliphatic carbocycles. The van der Waals surface area contributed by atoms with Crippen LogP contribution in [-0.4, -0.2) is 10.1 Å². The van der Waals surface area contributed by atoms with Gasteiger partial charge in [-0.1, -0.05) is 28.4 Å². The molecule has 0 unspecified atom stereocenters. The van der Waals surface area contributed by atoms with Crippen LogP contribution >= 0.6 is 23.2 Å². The average molecular weight is 262 g/mol. The zero-order valence-electron chi connectivity index (χ0n) is 7.88. The van der Waals surface area contributed by atoms with Gasteiger partial charge in [-0.3, -0.25) is 0 Å². The Balaban J connectivity index is 2.54. The van der Waals surface area contributed by atoms with E-state index in [4.69, 9.17) is 33.5 Å². The minimum Gasteiger partial charge on any atom is -0.338 e. The van der Waals surface area contributed by atoms with Crippen molar-refractivity contribution in [1.29, 1.82) is 0 Å². The van der Waals surface area contributed by atoms with Crippen LogP contribution in [0.5, 0.6) is 0 Å². The van der Waals surface area contributed by atoms with Crippen LogP contribution in [0, 0.1) is 5.82 Å². The van der Waals surface area contributed by atoms with E-state index in [1.54, 1.807) is 0 Å². The Morgan fingerprint density at radius 3 is 2.75 bits per heavy atom. The van der Waals surface area contributed by atoms with Crippen LogP contribution in [0.3, 0.4) is 0 Å². The second kappa shape index (κ2) is 4.37. The first-order valence-corrected chi connectivity index (χ1v) is 5.05. The Kier molecular flexibility index (Phi) is 3.09. The maximum Gasteiger partial charge on any atom is 0.240 e. The van der Waals surface area contributed by atoms with Gasteiger partial charge in [0.1, 0.15) is 5.82 Å². The Hall–Kier alpha value is -1.17. The van der Waals surface area contributed by atoms with Gasteiger partial charge < -0.3 is 10.3 Å². The fourth-order valence-electron chi connectivity index (χ4n) is 1.17. The summed E-state index contributed by atoms with van der Waals surface area (Å²) in [6.07, 6.45) is 0. The highest BCUT2D eigenvalue weighted by Gasteiger charge is 2.15. The first-order valence-electron chi connectivity index (χ1n) is 4.29. The lowest BCUT2D eigenvalue weighted by molar-refractivity contribution is 0.380. The minimum absolute atomic E-state index is 0.103. The number of halogens is 3. The lowest BCUT2D eigenvalue weighted by Crippen LogP contribution is -1.95. The molecule has 0 aliphatic rings. The molecular formula is C9H6Cl2FN3O. The number of benzene rings is 1. The molecule has 0 atom stereocenters. The van der Waals surface area contributed by atoms with Crippen LogP contribution in [0.4, 0.5) is 4.39 Å². The molecule has 2 N–H and O–H groups in total. The monoisotopic (exact) mass is 261 g/mol. The lowest BCUT2D eigenvalue weighted by atomic mass is 10.2. The fraction of sp³-hybridized carbons (Fsp3) is 0.111. The predicted molar refractivity (Wildman–Crippen MR) is 57.6 cm³/mol. The molecule has 2 rings (SSSR count). The van der Waals surface area contributed by atoms with Gasteiger partial charge >= 0.3 is 0 Å². The van der Waals surface area contributed by atoms with Crippen LogP contribution in [0.25, 0.3) is 11.4 Å². The molecule has 0 radical (unpaired) electrons. The topological polar surface area (TPSA) is 64.9 Å². The molecule has 0 amide bonds. The van der Waals surface area contributed by atoms with E-state index in [0.29, 0.717) is 0 Å². The third kappa shape index (κ3) is 2.02. The van der Waals surface area contributed by atoms with Crippen molar-refractivity contribution in [1.82, 2.24) is 10.1 Å². The summed E-state index contributed by atoms with van der Waals surface area (Å²) < 4.78 is 18.1. The quantitative estimate of drug-likeness (QED) is 0.845. The van der Waals surface area contributed by atoms with Crippen molar-refractivity contribution < 1.29 is 8.91 Å². The van der Waals surface area contributed by atoms with Crippen molar-refractivity contribution in [3.63, 3.8) is 0 Å². The molecule has 4 nitrogen and oxygen atoms in total. The summed E-state index contributed by atoms with van der Waals surface area (Å²) in [7, 11) is 0. The highest BCUT2D eigenvalue weighted by molar-refractivity contribution is 6.35. The SMILES string of the molecule is NCc1nc(-c2cc(Cl)cc(F)c2Cl)no1. The van der Waals surface area contributed by atoms with Gasteiger partial charge in [-0.05, 0) is 12.1 Å². The van der Waals surface area contributed by atoms with E-state index in [1.807, 2.05) is 0 Å². The zero-order chi connectivity index (χ0) is 11.7. The molecule has 16 heavy (non-hydrogen) atoms. The van der Waals surface area contributed by atoms with Crippen molar-refractivity contribution in [3.05, 3.63) is 33.9 Å². The first kappa shape index (κ1) is 11.3. The van der Waals surface area contributed by atoms with E-state index in [2.05, 4.69) is 10.1 Å². The van der Waals surface area contributed by atoms with Gasteiger partial charge in [0.15, 0.2) is 0 Å². The average Bonchev–Trinajstić information content (AvgIpc) is 2.71. The van der Waals surface area contributed by atoms with Crippen LogP contribution < -0.4 is 5.73 Å². The smallest absolute Gasteiger partial charge is 0.240 e. The van der Waals surface area contributed by atoms with E-state index < -0.39 is 5.82 Å². The highest BCUT2D eigenvalue weighted by atomic mass is 35.5. The second-order valence-corrected chi connectivity index (χ2v) is 3.78. The molecule has 7 heteroatoms. The molecule has 0 fully saturated rings. The molecule has 0 bridgehead atoms. The van der Waals surface area contributed by atoms with E-state index in [1.165, 1.54) is 6.07 Å². The predicted octanol–water partition coefficient (Wildman–Crippen LogP) is 2.64. The largest absolute Gasteiger partial charge is 0.338 e. The van der Waals surface area contributed by atoms with Crippen molar-refractivity contribution in [2.75, 3.05) is 0 Å². The zero-order valence-corrected chi connectivity index (χ0v) is 9.39. The Morgan fingerprint density at radius 2 is 2.12 bits per heavy atom. The summed E-state index contributed by atoms with van der Waals surface area (Å²) in [4.78, 5) is 3.93. The molecule has 84 valence electrons. The number of nitrogens with two attached hydrogens (primary N) is 1. The Labute approximate surface area is 100 Å². The summed E-state index contributed by atoms with van der Waals surface area (Å²) in [6, 6.07) is 2.56. The summed E-state index contributed by atoms with van der Waals surface area (Å²) in [6.45, 7) is 0.105. The van der Waals surface area contributed by atoms with Gasteiger partial charge in [-0.15, -0.1) is 0 Å². The molecule has 0 saturated heterocycles. The van der Waals surface area contributed by atoms with Gasteiger partial charge in [0, 0.05) is 10.6 Å². The molecule has 1 aromatic heterocycles. The van der Waals surface area contributed by atoms with E-state index in [9.17, 15) is 4.39 Å². The van der Waals surface area contributed by atoms with Gasteiger partial charge in [0.2, 0.25) is 11.7 Å². The minimum atomic E-state index is -0.636. The van der Waals surface area contributed by atoms with Crippen molar-refractivity contribution >= 4 is 23.2 Å². The summed E-state index contributed by atoms with van der Waals surface area (Å²) in [5.41, 5.74) is 5.58. The Morgan fingerprint density at radius 1 is 1.38 bits per heavy atom. The van der Waals surface area contributed by atoms with Crippen LogP contribution in [0.15, 0.2) is 16.7 Å². The third-order valence-corrected chi connectivity index (χ3v) is 2.48. The number of nitrogens with zero attached hydrogens (tertiary/aromatic N) is 2. The van der Waals surface area contributed by atoms with Crippen molar-refractivity contribution in [2.24, 2.45) is 5.73 Å². The molecule has 0 aliphatic heterocycles. The van der Waals surface area contributed by atoms with Crippen LogP contribution in [-0.2, 0) is 6.54 Å². The van der Waals surface area contributed by atoms with Crippen LogP contribution in [0.2, 0.25) is 10.0 Å². The third-order valence-electron chi connectivity index (χ3n) is 1.88. The normalized spacial score (nSPS) is 10.8. The Bertz CT molecular complexity index is 529. The van der Waals surface area contributed by atoms with Gasteiger partial charge in [-0.25, -0.2) is 4.39 Å². The van der Waals surface area contributed by atoms with Crippen molar-refractivity contribution in [2.45, 2.75) is 6.54 Å². The molecule has 1 heterocycles. The number of hydrogen-bond donors (Lipinski definition) is 1. The summed E-state index contributed by atoms with van der Waals surface area (Å²) >= 11 is 11.5. The summed E-state index contributed by atoms with van der Waals surface area (Å²) in [5.74, 6) is -0.235. The molecule has 1 aromatic carbocycles. The van der Waals surface area contributed by atoms with E-state index in [0.717, 1.165) is 6.07 Å². The fourth-order valence-corrected chi connectivity index (χ4v) is 1.56. The van der Waals surface area contributed by atoms with E-state index >= 15 is 0 Å². The molecule has 2 aromatic rings. The maximum atomic E-state index is 13.3. The van der Waals surface area contributed by atoms with E-state index in [-0.39, 0.29) is 33.9 Å². The maximum absolute atomic E-state index is 13.3. The van der Waals surface area contributed by atoms with Gasteiger partial charge in [0.05, 0.1) is 11.6 Å². The van der Waals surface area contributed by atoms with Gasteiger partial charge in [0.25, 0.3) is 0 Å².